The maximum absolute atomic E-state index is 12.7. The average Bonchev–Trinajstić information content (AvgIpc) is 2.87. The maximum Gasteiger partial charge on any atom is 0.332 e. The molecule has 1 aromatic carbocycles. The van der Waals surface area contributed by atoms with Gasteiger partial charge in [0.2, 0.25) is 0 Å². The molecule has 1 saturated heterocycles. The number of likely N-dealkylation sites (tertiary alicyclic amines) is 1. The smallest absolute Gasteiger partial charge is 0.332 e. The van der Waals surface area contributed by atoms with Crippen molar-refractivity contribution >= 4 is 35.7 Å². The van der Waals surface area contributed by atoms with Gasteiger partial charge < -0.3 is 14.2 Å². The van der Waals surface area contributed by atoms with Crippen LogP contribution in [0.2, 0.25) is 0 Å². The number of imide groups is 1. The summed E-state index contributed by atoms with van der Waals surface area (Å²) in [7, 11) is 1.17. The predicted molar refractivity (Wildman–Crippen MR) is 92.2 cm³/mol. The zero-order valence-electron chi connectivity index (χ0n) is 14.0. The number of carbonyl (C=O) groups is 4. The number of nitrogens with zero attached hydrogens (tertiary/aromatic N) is 2. The molecule has 1 aromatic rings. The van der Waals surface area contributed by atoms with Gasteiger partial charge >= 0.3 is 5.97 Å². The van der Waals surface area contributed by atoms with Crippen molar-refractivity contribution in [3.63, 3.8) is 0 Å². The summed E-state index contributed by atoms with van der Waals surface area (Å²) in [6, 6.07) is 3.93. The minimum absolute atomic E-state index is 0.204. The third-order valence-corrected chi connectivity index (χ3v) is 5.13. The minimum atomic E-state index is -1.20. The summed E-state index contributed by atoms with van der Waals surface area (Å²) in [5, 5.41) is -0.995. The lowest BCUT2D eigenvalue weighted by atomic mass is 9.98. The summed E-state index contributed by atoms with van der Waals surface area (Å²) < 4.78 is 14.4. The number of methoxy groups -OCH3 is 1. The van der Waals surface area contributed by atoms with Crippen molar-refractivity contribution in [2.24, 2.45) is 0 Å². The Hall–Kier alpha value is -2.65. The number of β-lactam (4-membered cyclic amide) rings is 1. The van der Waals surface area contributed by atoms with Crippen LogP contribution >= 0.6 is 12.0 Å². The molecule has 136 valence electrons. The summed E-state index contributed by atoms with van der Waals surface area (Å²) >= 11 is 0.285. The molecule has 0 bridgehead atoms. The van der Waals surface area contributed by atoms with Gasteiger partial charge in [-0.3, -0.25) is 19.3 Å². The van der Waals surface area contributed by atoms with Crippen molar-refractivity contribution in [2.75, 3.05) is 7.11 Å². The Labute approximate surface area is 153 Å². The second-order valence-corrected chi connectivity index (χ2v) is 6.68. The zero-order chi connectivity index (χ0) is 19.2. The van der Waals surface area contributed by atoms with Crippen LogP contribution < -0.4 is 0 Å². The van der Waals surface area contributed by atoms with Gasteiger partial charge in [-0.25, -0.2) is 4.79 Å². The SMILES string of the molecule is C=C(C)[C@H](C(=O)OC)N1C(=O)[C@@H](N2C(=O)c3ccccc3C2=O)[C@H]1SO. The van der Waals surface area contributed by atoms with Crippen molar-refractivity contribution < 1.29 is 28.5 Å². The lowest BCUT2D eigenvalue weighted by Crippen LogP contribution is -2.73. The molecule has 0 unspecified atom stereocenters. The fraction of sp³-hybridized carbons (Fsp3) is 0.294. The number of ether oxygens (including phenoxy) is 1. The first-order chi connectivity index (χ1) is 12.3. The van der Waals surface area contributed by atoms with E-state index in [0.29, 0.717) is 5.57 Å². The topological polar surface area (TPSA) is 104 Å². The highest BCUT2D eigenvalue weighted by Gasteiger charge is 2.59. The Morgan fingerprint density at radius 2 is 1.77 bits per heavy atom. The largest absolute Gasteiger partial charge is 0.467 e. The quantitative estimate of drug-likeness (QED) is 0.270. The second-order valence-electron chi connectivity index (χ2n) is 5.98. The Kier molecular flexibility index (Phi) is 4.59. The van der Waals surface area contributed by atoms with Gasteiger partial charge in [0.25, 0.3) is 17.7 Å². The molecule has 26 heavy (non-hydrogen) atoms. The predicted octanol–water partition coefficient (Wildman–Crippen LogP) is 1.14. The number of fused-ring (bicyclic) bond motifs is 1. The van der Waals surface area contributed by atoms with Crippen LogP contribution in [0.15, 0.2) is 36.4 Å². The minimum Gasteiger partial charge on any atom is -0.467 e. The molecule has 0 aliphatic carbocycles. The molecule has 3 amide bonds. The Bertz CT molecular complexity index is 803. The van der Waals surface area contributed by atoms with E-state index < -0.39 is 41.1 Å². The van der Waals surface area contributed by atoms with Crippen LogP contribution in [0.3, 0.4) is 0 Å². The summed E-state index contributed by atoms with van der Waals surface area (Å²) in [5.41, 5.74) is 0.745. The molecule has 0 radical (unpaired) electrons. The fourth-order valence-corrected chi connectivity index (χ4v) is 3.90. The molecule has 2 aliphatic rings. The van der Waals surface area contributed by atoms with Crippen LogP contribution in [-0.2, 0) is 14.3 Å². The Balaban J connectivity index is 1.93. The average molecular weight is 376 g/mol. The lowest BCUT2D eigenvalue weighted by Gasteiger charge is -2.50. The lowest BCUT2D eigenvalue weighted by molar-refractivity contribution is -0.163. The van der Waals surface area contributed by atoms with E-state index in [1.807, 2.05) is 0 Å². The third kappa shape index (κ3) is 2.43. The summed E-state index contributed by atoms with van der Waals surface area (Å²) in [5.74, 6) is -2.56. The molecule has 2 heterocycles. The van der Waals surface area contributed by atoms with Crippen molar-refractivity contribution in [1.82, 2.24) is 9.80 Å². The van der Waals surface area contributed by atoms with Gasteiger partial charge in [0.05, 0.1) is 18.2 Å². The first kappa shape index (κ1) is 18.2. The molecule has 8 nitrogen and oxygen atoms in total. The first-order valence-corrected chi connectivity index (χ1v) is 8.51. The van der Waals surface area contributed by atoms with Crippen LogP contribution in [0, 0.1) is 0 Å². The van der Waals surface area contributed by atoms with E-state index in [2.05, 4.69) is 6.58 Å². The summed E-state index contributed by atoms with van der Waals surface area (Å²) in [6.45, 7) is 5.23. The van der Waals surface area contributed by atoms with Crippen molar-refractivity contribution in [3.05, 3.63) is 47.5 Å². The van der Waals surface area contributed by atoms with Crippen molar-refractivity contribution in [3.8, 4) is 0 Å². The van der Waals surface area contributed by atoms with Crippen LogP contribution in [0.1, 0.15) is 27.6 Å². The van der Waals surface area contributed by atoms with Gasteiger partial charge in [-0.2, -0.15) is 0 Å². The molecule has 0 saturated carbocycles. The number of benzene rings is 1. The van der Waals surface area contributed by atoms with Crippen LogP contribution in [0.25, 0.3) is 0 Å². The molecule has 3 atom stereocenters. The van der Waals surface area contributed by atoms with Crippen LogP contribution in [-0.4, -0.2) is 62.6 Å². The van der Waals surface area contributed by atoms with E-state index >= 15 is 0 Å². The Morgan fingerprint density at radius 1 is 1.23 bits per heavy atom. The zero-order valence-corrected chi connectivity index (χ0v) is 14.9. The van der Waals surface area contributed by atoms with E-state index in [1.165, 1.54) is 19.2 Å². The highest BCUT2D eigenvalue weighted by Crippen LogP contribution is 2.39. The molecule has 0 spiro atoms. The number of esters is 1. The van der Waals surface area contributed by atoms with Gasteiger partial charge in [-0.05, 0) is 24.6 Å². The van der Waals surface area contributed by atoms with Crippen LogP contribution in [0.4, 0.5) is 0 Å². The molecular formula is C17H16N2O6S. The number of rotatable bonds is 5. The Morgan fingerprint density at radius 3 is 2.19 bits per heavy atom. The fourth-order valence-electron chi connectivity index (χ4n) is 3.21. The van der Waals surface area contributed by atoms with Gasteiger partial charge in [0.15, 0.2) is 12.1 Å². The molecule has 0 aromatic heterocycles. The molecule has 3 rings (SSSR count). The van der Waals surface area contributed by atoms with Gasteiger partial charge in [-0.1, -0.05) is 18.7 Å². The number of amides is 3. The van der Waals surface area contributed by atoms with E-state index in [9.17, 15) is 23.7 Å². The van der Waals surface area contributed by atoms with Crippen molar-refractivity contribution in [2.45, 2.75) is 24.4 Å². The molecule has 9 heteroatoms. The van der Waals surface area contributed by atoms with Gasteiger partial charge in [0.1, 0.15) is 5.37 Å². The second kappa shape index (κ2) is 6.58. The normalized spacial score (nSPS) is 22.8. The molecule has 1 N–H and O–H groups in total. The number of carbonyl (C=O) groups excluding carboxylic acids is 4. The van der Waals surface area contributed by atoms with E-state index in [0.717, 1.165) is 9.80 Å². The molecule has 2 aliphatic heterocycles. The van der Waals surface area contributed by atoms with E-state index in [-0.39, 0.29) is 23.2 Å². The standard InChI is InChI=1S/C17H16N2O6S/c1-8(2)11(17(23)25-3)19-15(22)12(16(19)26-24)18-13(20)9-6-4-5-7-10(9)14(18)21/h4-7,11-12,16,24H,1H2,2-3H3/t11-,12-,16-/m1/s1. The molecule has 1 fully saturated rings. The van der Waals surface area contributed by atoms with Crippen LogP contribution in [0.5, 0.6) is 0 Å². The molecular weight excluding hydrogens is 360 g/mol. The highest BCUT2D eigenvalue weighted by molar-refractivity contribution is 7.94. The first-order valence-electron chi connectivity index (χ1n) is 7.67. The van der Waals surface area contributed by atoms with Gasteiger partial charge in [-0.15, -0.1) is 0 Å². The summed E-state index contributed by atoms with van der Waals surface area (Å²) in [6.07, 6.45) is 0. The highest BCUT2D eigenvalue weighted by atomic mass is 32.2. The maximum atomic E-state index is 12.7. The van der Waals surface area contributed by atoms with Crippen molar-refractivity contribution in [1.29, 1.82) is 0 Å². The third-order valence-electron chi connectivity index (χ3n) is 4.43. The number of hydrogen-bond donors (Lipinski definition) is 1. The van der Waals surface area contributed by atoms with E-state index in [4.69, 9.17) is 4.74 Å². The monoisotopic (exact) mass is 376 g/mol. The van der Waals surface area contributed by atoms with Gasteiger partial charge in [0, 0.05) is 12.0 Å². The number of hydrogen-bond acceptors (Lipinski definition) is 7. The van der Waals surface area contributed by atoms with E-state index in [1.54, 1.807) is 19.1 Å². The summed E-state index contributed by atoms with van der Waals surface area (Å²) in [4.78, 5) is 51.8.